The number of nitrogens with one attached hydrogen (secondary N) is 1. The van der Waals surface area contributed by atoms with E-state index in [4.69, 9.17) is 4.74 Å². The van der Waals surface area contributed by atoms with Gasteiger partial charge in [-0.05, 0) is 12.1 Å². The van der Waals surface area contributed by atoms with Crippen molar-refractivity contribution in [1.82, 2.24) is 4.72 Å². The van der Waals surface area contributed by atoms with Crippen molar-refractivity contribution < 1.29 is 17.9 Å². The maximum absolute atomic E-state index is 10.9. The maximum atomic E-state index is 10.9. The number of rotatable bonds is 5. The molecule has 0 radical (unpaired) electrons. The van der Waals surface area contributed by atoms with Crippen LogP contribution in [0, 0.1) is 0 Å². The average Bonchev–Trinajstić information content (AvgIpc) is 2.58. The molecule has 1 heterocycles. The molecule has 1 rings (SSSR count). The molecule has 16 heavy (non-hydrogen) atoms. The molecule has 1 aromatic rings. The van der Waals surface area contributed by atoms with Gasteiger partial charge in [0, 0.05) is 23.2 Å². The van der Waals surface area contributed by atoms with Crippen LogP contribution >= 0.6 is 11.3 Å². The van der Waals surface area contributed by atoms with Gasteiger partial charge in [-0.15, -0.1) is 11.3 Å². The smallest absolute Gasteiger partial charge is 0.302 e. The molecular weight excluding hydrogens is 250 g/mol. The van der Waals surface area contributed by atoms with Crippen molar-refractivity contribution in [3.8, 4) is 0 Å². The third-order valence-corrected chi connectivity index (χ3v) is 3.37. The van der Waals surface area contributed by atoms with Crippen molar-refractivity contribution in [1.29, 1.82) is 0 Å². The van der Waals surface area contributed by atoms with Crippen molar-refractivity contribution in [3.05, 3.63) is 21.9 Å². The summed E-state index contributed by atoms with van der Waals surface area (Å²) < 4.78 is 28.9. The van der Waals surface area contributed by atoms with Gasteiger partial charge in [0.25, 0.3) is 0 Å². The van der Waals surface area contributed by atoms with Crippen LogP contribution in [0.25, 0.3) is 0 Å². The van der Waals surface area contributed by atoms with Gasteiger partial charge in [0.2, 0.25) is 10.0 Å². The lowest BCUT2D eigenvalue weighted by atomic mass is 10.4. The summed E-state index contributed by atoms with van der Waals surface area (Å²) in [7, 11) is -3.17. The van der Waals surface area contributed by atoms with E-state index in [-0.39, 0.29) is 19.1 Å². The zero-order valence-corrected chi connectivity index (χ0v) is 10.7. The Bertz CT molecular complexity index is 464. The summed E-state index contributed by atoms with van der Waals surface area (Å²) in [6, 6.07) is 3.62. The topological polar surface area (TPSA) is 72.5 Å². The largest absolute Gasteiger partial charge is 0.460 e. The monoisotopic (exact) mass is 263 g/mol. The van der Waals surface area contributed by atoms with Gasteiger partial charge in [0.05, 0.1) is 6.26 Å². The molecule has 0 saturated heterocycles. The predicted molar refractivity (Wildman–Crippen MR) is 61.5 cm³/mol. The van der Waals surface area contributed by atoms with Crippen molar-refractivity contribution in [2.75, 3.05) is 6.26 Å². The van der Waals surface area contributed by atoms with Gasteiger partial charge in [-0.3, -0.25) is 4.79 Å². The van der Waals surface area contributed by atoms with E-state index < -0.39 is 10.0 Å². The third kappa shape index (κ3) is 5.24. The SMILES string of the molecule is CC(=O)OCc1ccc(CNS(C)(=O)=O)s1. The first-order chi connectivity index (χ1) is 7.37. The van der Waals surface area contributed by atoms with Gasteiger partial charge in [-0.25, -0.2) is 13.1 Å². The molecule has 0 unspecified atom stereocenters. The highest BCUT2D eigenvalue weighted by atomic mass is 32.2. The molecule has 7 heteroatoms. The molecule has 5 nitrogen and oxygen atoms in total. The first-order valence-corrected chi connectivity index (χ1v) is 7.23. The van der Waals surface area contributed by atoms with Crippen LogP contribution in [-0.4, -0.2) is 20.6 Å². The van der Waals surface area contributed by atoms with Crippen LogP contribution in [-0.2, 0) is 32.7 Å². The van der Waals surface area contributed by atoms with Crippen LogP contribution < -0.4 is 4.72 Å². The molecule has 0 bridgehead atoms. The van der Waals surface area contributed by atoms with E-state index in [1.54, 1.807) is 0 Å². The number of carbonyl (C=O) groups is 1. The Labute approximate surface area is 98.5 Å². The van der Waals surface area contributed by atoms with Gasteiger partial charge in [-0.2, -0.15) is 0 Å². The second-order valence-electron chi connectivity index (χ2n) is 3.24. The van der Waals surface area contributed by atoms with Gasteiger partial charge >= 0.3 is 5.97 Å². The molecule has 0 atom stereocenters. The van der Waals surface area contributed by atoms with Crippen molar-refractivity contribution in [2.45, 2.75) is 20.1 Å². The minimum absolute atomic E-state index is 0.235. The molecule has 1 N–H and O–H groups in total. The molecule has 90 valence electrons. The van der Waals surface area contributed by atoms with E-state index >= 15 is 0 Å². The Hall–Kier alpha value is -0.920. The first-order valence-electron chi connectivity index (χ1n) is 4.52. The lowest BCUT2D eigenvalue weighted by molar-refractivity contribution is -0.142. The highest BCUT2D eigenvalue weighted by molar-refractivity contribution is 7.88. The molecule has 0 aliphatic rings. The Morgan fingerprint density at radius 3 is 2.62 bits per heavy atom. The third-order valence-electron chi connectivity index (χ3n) is 1.64. The lowest BCUT2D eigenvalue weighted by Crippen LogP contribution is -2.20. The first kappa shape index (κ1) is 13.1. The van der Waals surface area contributed by atoms with E-state index in [2.05, 4.69) is 4.72 Å². The Balaban J connectivity index is 2.48. The van der Waals surface area contributed by atoms with Crippen molar-refractivity contribution in [3.63, 3.8) is 0 Å². The zero-order valence-electron chi connectivity index (χ0n) is 9.02. The minimum atomic E-state index is -3.17. The number of esters is 1. The van der Waals surface area contributed by atoms with E-state index in [1.165, 1.54) is 18.3 Å². The van der Waals surface area contributed by atoms with Gasteiger partial charge in [-0.1, -0.05) is 0 Å². The number of ether oxygens (including phenoxy) is 1. The van der Waals surface area contributed by atoms with Crippen LogP contribution in [0.3, 0.4) is 0 Å². The standard InChI is InChI=1S/C9H13NO4S2/c1-7(11)14-6-9-4-3-8(15-9)5-10-16(2,12)13/h3-4,10H,5-6H2,1-2H3. The minimum Gasteiger partial charge on any atom is -0.460 e. The lowest BCUT2D eigenvalue weighted by Gasteiger charge is -1.99. The molecule has 0 saturated carbocycles. The average molecular weight is 263 g/mol. The number of thiophene rings is 1. The Morgan fingerprint density at radius 1 is 1.44 bits per heavy atom. The molecule has 0 amide bonds. The second kappa shape index (κ2) is 5.42. The van der Waals surface area contributed by atoms with Crippen LogP contribution in [0.2, 0.25) is 0 Å². The molecule has 0 aliphatic carbocycles. The molecule has 0 spiro atoms. The Kier molecular flexibility index (Phi) is 4.45. The second-order valence-corrected chi connectivity index (χ2v) is 6.33. The van der Waals surface area contributed by atoms with E-state index in [0.29, 0.717) is 0 Å². The fraction of sp³-hybridized carbons (Fsp3) is 0.444. The summed E-state index contributed by atoms with van der Waals surface area (Å²) in [5.74, 6) is -0.329. The van der Waals surface area contributed by atoms with E-state index in [9.17, 15) is 13.2 Å². The van der Waals surface area contributed by atoms with Gasteiger partial charge < -0.3 is 4.74 Å². The van der Waals surface area contributed by atoms with Crippen LogP contribution in [0.4, 0.5) is 0 Å². The van der Waals surface area contributed by atoms with E-state index in [1.807, 2.05) is 12.1 Å². The van der Waals surface area contributed by atoms with Crippen molar-refractivity contribution in [2.24, 2.45) is 0 Å². The number of hydrogen-bond donors (Lipinski definition) is 1. The summed E-state index contributed by atoms with van der Waals surface area (Å²) in [5, 5.41) is 0. The fourth-order valence-electron chi connectivity index (χ4n) is 0.970. The number of hydrogen-bond acceptors (Lipinski definition) is 5. The van der Waals surface area contributed by atoms with Crippen molar-refractivity contribution >= 4 is 27.3 Å². The maximum Gasteiger partial charge on any atom is 0.302 e. The molecular formula is C9H13NO4S2. The summed E-state index contributed by atoms with van der Waals surface area (Å²) >= 11 is 1.41. The summed E-state index contributed by atoms with van der Waals surface area (Å²) in [6.45, 7) is 1.85. The van der Waals surface area contributed by atoms with Crippen LogP contribution in [0.5, 0.6) is 0 Å². The normalized spacial score (nSPS) is 11.4. The molecule has 1 aromatic heterocycles. The van der Waals surface area contributed by atoms with E-state index in [0.717, 1.165) is 16.0 Å². The Morgan fingerprint density at radius 2 is 2.06 bits per heavy atom. The zero-order chi connectivity index (χ0) is 12.2. The summed E-state index contributed by atoms with van der Waals surface area (Å²) in [5.41, 5.74) is 0. The quantitative estimate of drug-likeness (QED) is 0.800. The highest BCUT2D eigenvalue weighted by Crippen LogP contribution is 2.17. The highest BCUT2D eigenvalue weighted by Gasteiger charge is 2.05. The molecule has 0 aromatic carbocycles. The number of carbonyl (C=O) groups excluding carboxylic acids is 1. The number of sulfonamides is 1. The van der Waals surface area contributed by atoms with Gasteiger partial charge in [0.1, 0.15) is 6.61 Å². The predicted octanol–water partition coefficient (Wildman–Crippen LogP) is 0.860. The molecule has 0 aliphatic heterocycles. The summed E-state index contributed by atoms with van der Waals surface area (Å²) in [4.78, 5) is 12.3. The van der Waals surface area contributed by atoms with Gasteiger partial charge in [0.15, 0.2) is 0 Å². The fourth-order valence-corrected chi connectivity index (χ4v) is 2.35. The molecule has 0 fully saturated rings. The summed E-state index contributed by atoms with van der Waals surface area (Å²) in [6.07, 6.45) is 1.11. The van der Waals surface area contributed by atoms with Crippen LogP contribution in [0.1, 0.15) is 16.7 Å². The van der Waals surface area contributed by atoms with Crippen LogP contribution in [0.15, 0.2) is 12.1 Å².